The van der Waals surface area contributed by atoms with Crippen LogP contribution in [0.1, 0.15) is 11.5 Å². The zero-order chi connectivity index (χ0) is 16.1. The average Bonchev–Trinajstić information content (AvgIpc) is 3.21. The standard InChI is InChI=1S/C16H14N2O5/c1-11-7-15(18-22-11)20-10-16(19)21-9-13-8-14(23-17-13)12-5-3-2-4-6-12/h2-8H,9-10H2,1H3. The predicted octanol–water partition coefficient (Wildman–Crippen LogP) is 2.76. The first-order valence-electron chi connectivity index (χ1n) is 6.93. The van der Waals surface area contributed by atoms with E-state index in [9.17, 15) is 4.79 Å². The molecule has 2 aromatic heterocycles. The van der Waals surface area contributed by atoms with Crippen LogP contribution in [0.4, 0.5) is 0 Å². The van der Waals surface area contributed by atoms with Gasteiger partial charge in [-0.15, -0.1) is 0 Å². The Morgan fingerprint density at radius 3 is 2.70 bits per heavy atom. The van der Waals surface area contributed by atoms with E-state index in [1.165, 1.54) is 0 Å². The number of benzene rings is 1. The van der Waals surface area contributed by atoms with E-state index in [4.69, 9.17) is 18.5 Å². The minimum Gasteiger partial charge on any atom is -0.463 e. The van der Waals surface area contributed by atoms with Gasteiger partial charge < -0.3 is 18.5 Å². The molecule has 0 radical (unpaired) electrons. The predicted molar refractivity (Wildman–Crippen MR) is 78.5 cm³/mol. The van der Waals surface area contributed by atoms with Gasteiger partial charge in [-0.1, -0.05) is 35.5 Å². The third-order valence-electron chi connectivity index (χ3n) is 2.94. The van der Waals surface area contributed by atoms with Crippen molar-refractivity contribution in [2.75, 3.05) is 6.61 Å². The number of esters is 1. The summed E-state index contributed by atoms with van der Waals surface area (Å²) in [6.45, 7) is 1.48. The average molecular weight is 314 g/mol. The first kappa shape index (κ1) is 14.8. The summed E-state index contributed by atoms with van der Waals surface area (Å²) in [6, 6.07) is 12.8. The van der Waals surface area contributed by atoms with E-state index in [1.807, 2.05) is 30.3 Å². The second-order valence-electron chi connectivity index (χ2n) is 4.77. The van der Waals surface area contributed by atoms with Crippen LogP contribution in [0, 0.1) is 6.92 Å². The summed E-state index contributed by atoms with van der Waals surface area (Å²) in [4.78, 5) is 11.6. The molecule has 7 nitrogen and oxygen atoms in total. The third-order valence-corrected chi connectivity index (χ3v) is 2.94. The molecule has 0 aliphatic carbocycles. The molecule has 0 aliphatic heterocycles. The molecule has 118 valence electrons. The fraction of sp³-hybridized carbons (Fsp3) is 0.188. The Balaban J connectivity index is 1.48. The molecule has 0 N–H and O–H groups in total. The van der Waals surface area contributed by atoms with Gasteiger partial charge in [0, 0.05) is 17.7 Å². The normalized spacial score (nSPS) is 10.5. The maximum atomic E-state index is 11.6. The Labute approximate surface area is 131 Å². The van der Waals surface area contributed by atoms with Crippen molar-refractivity contribution in [2.24, 2.45) is 0 Å². The van der Waals surface area contributed by atoms with Crippen LogP contribution >= 0.6 is 0 Å². The van der Waals surface area contributed by atoms with Gasteiger partial charge >= 0.3 is 5.97 Å². The van der Waals surface area contributed by atoms with Gasteiger partial charge in [0.2, 0.25) is 0 Å². The van der Waals surface area contributed by atoms with Crippen LogP contribution in [-0.4, -0.2) is 22.9 Å². The van der Waals surface area contributed by atoms with Crippen LogP contribution in [0.2, 0.25) is 0 Å². The molecule has 0 unspecified atom stereocenters. The zero-order valence-electron chi connectivity index (χ0n) is 12.4. The lowest BCUT2D eigenvalue weighted by molar-refractivity contribution is -0.147. The van der Waals surface area contributed by atoms with Crippen LogP contribution in [0.3, 0.4) is 0 Å². The fourth-order valence-electron chi connectivity index (χ4n) is 1.86. The second kappa shape index (κ2) is 6.78. The molecule has 1 aromatic carbocycles. The molecule has 3 aromatic rings. The maximum Gasteiger partial charge on any atom is 0.344 e. The monoisotopic (exact) mass is 314 g/mol. The van der Waals surface area contributed by atoms with Crippen LogP contribution in [0.15, 0.2) is 51.5 Å². The fourth-order valence-corrected chi connectivity index (χ4v) is 1.86. The summed E-state index contributed by atoms with van der Waals surface area (Å²) in [5.41, 5.74) is 1.43. The van der Waals surface area contributed by atoms with Gasteiger partial charge in [0.05, 0.1) is 0 Å². The number of aromatic nitrogens is 2. The number of hydrogen-bond donors (Lipinski definition) is 0. The first-order valence-corrected chi connectivity index (χ1v) is 6.93. The lowest BCUT2D eigenvalue weighted by Crippen LogP contribution is -2.14. The van der Waals surface area contributed by atoms with Crippen molar-refractivity contribution in [3.8, 4) is 17.2 Å². The Bertz CT molecular complexity index is 779. The summed E-state index contributed by atoms with van der Waals surface area (Å²) in [5.74, 6) is 0.928. The molecule has 23 heavy (non-hydrogen) atoms. The minimum absolute atomic E-state index is 0.0103. The van der Waals surface area contributed by atoms with Gasteiger partial charge in [0.25, 0.3) is 5.88 Å². The van der Waals surface area contributed by atoms with Crippen molar-refractivity contribution in [1.82, 2.24) is 10.3 Å². The summed E-state index contributed by atoms with van der Waals surface area (Å²) in [7, 11) is 0. The number of rotatable bonds is 6. The van der Waals surface area contributed by atoms with E-state index in [-0.39, 0.29) is 19.1 Å². The van der Waals surface area contributed by atoms with E-state index >= 15 is 0 Å². The Kier molecular flexibility index (Phi) is 4.37. The highest BCUT2D eigenvalue weighted by atomic mass is 16.6. The summed E-state index contributed by atoms with van der Waals surface area (Å²) < 4.78 is 20.2. The Morgan fingerprint density at radius 2 is 1.96 bits per heavy atom. The van der Waals surface area contributed by atoms with Gasteiger partial charge in [0.15, 0.2) is 12.4 Å². The second-order valence-corrected chi connectivity index (χ2v) is 4.77. The molecule has 7 heteroatoms. The molecule has 0 saturated carbocycles. The molecule has 0 amide bonds. The van der Waals surface area contributed by atoms with Crippen LogP contribution in [0.25, 0.3) is 11.3 Å². The van der Waals surface area contributed by atoms with E-state index in [0.717, 1.165) is 5.56 Å². The summed E-state index contributed by atoms with van der Waals surface area (Å²) in [6.07, 6.45) is 0. The lowest BCUT2D eigenvalue weighted by Gasteiger charge is -2.02. The lowest BCUT2D eigenvalue weighted by atomic mass is 10.2. The molecule has 0 fully saturated rings. The summed E-state index contributed by atoms with van der Waals surface area (Å²) >= 11 is 0. The topological polar surface area (TPSA) is 87.6 Å². The molecular formula is C16H14N2O5. The molecule has 0 atom stereocenters. The van der Waals surface area contributed by atoms with Crippen molar-refractivity contribution in [3.63, 3.8) is 0 Å². The maximum absolute atomic E-state index is 11.6. The van der Waals surface area contributed by atoms with E-state index in [2.05, 4.69) is 10.3 Å². The van der Waals surface area contributed by atoms with Gasteiger partial charge in [-0.3, -0.25) is 0 Å². The van der Waals surface area contributed by atoms with E-state index in [0.29, 0.717) is 17.2 Å². The van der Waals surface area contributed by atoms with Crippen molar-refractivity contribution >= 4 is 5.97 Å². The van der Waals surface area contributed by atoms with Crippen molar-refractivity contribution in [2.45, 2.75) is 13.5 Å². The molecule has 2 heterocycles. The molecule has 0 bridgehead atoms. The van der Waals surface area contributed by atoms with Gasteiger partial charge in [-0.05, 0) is 12.1 Å². The number of hydrogen-bond acceptors (Lipinski definition) is 7. The van der Waals surface area contributed by atoms with Gasteiger partial charge in [-0.25, -0.2) is 4.79 Å². The third kappa shape index (κ3) is 3.97. The number of carbonyl (C=O) groups is 1. The van der Waals surface area contributed by atoms with E-state index < -0.39 is 5.97 Å². The smallest absolute Gasteiger partial charge is 0.344 e. The molecule has 0 spiro atoms. The van der Waals surface area contributed by atoms with Crippen LogP contribution in [-0.2, 0) is 16.1 Å². The molecule has 0 saturated heterocycles. The number of nitrogens with zero attached hydrogens (tertiary/aromatic N) is 2. The number of carbonyl (C=O) groups excluding carboxylic acids is 1. The highest BCUT2D eigenvalue weighted by molar-refractivity contribution is 5.71. The minimum atomic E-state index is -0.532. The molecular weight excluding hydrogens is 300 g/mol. The molecule has 3 rings (SSSR count). The highest BCUT2D eigenvalue weighted by Crippen LogP contribution is 2.20. The number of aryl methyl sites for hydroxylation is 1. The van der Waals surface area contributed by atoms with Crippen molar-refractivity contribution < 1.29 is 23.3 Å². The Hall–Kier alpha value is -3.09. The largest absolute Gasteiger partial charge is 0.463 e. The zero-order valence-corrected chi connectivity index (χ0v) is 12.4. The van der Waals surface area contributed by atoms with Crippen molar-refractivity contribution in [3.05, 3.63) is 53.9 Å². The SMILES string of the molecule is Cc1cc(OCC(=O)OCc2cc(-c3ccccc3)on2)no1. The van der Waals surface area contributed by atoms with Crippen molar-refractivity contribution in [1.29, 1.82) is 0 Å². The van der Waals surface area contributed by atoms with Crippen LogP contribution in [0.5, 0.6) is 5.88 Å². The Morgan fingerprint density at radius 1 is 1.13 bits per heavy atom. The summed E-state index contributed by atoms with van der Waals surface area (Å²) in [5, 5.41) is 7.48. The highest BCUT2D eigenvalue weighted by Gasteiger charge is 2.11. The van der Waals surface area contributed by atoms with Gasteiger partial charge in [-0.2, -0.15) is 0 Å². The van der Waals surface area contributed by atoms with Gasteiger partial charge in [0.1, 0.15) is 18.1 Å². The first-order chi connectivity index (χ1) is 11.2. The van der Waals surface area contributed by atoms with E-state index in [1.54, 1.807) is 19.1 Å². The van der Waals surface area contributed by atoms with Crippen LogP contribution < -0.4 is 4.74 Å². The number of ether oxygens (including phenoxy) is 2. The quantitative estimate of drug-likeness (QED) is 0.646. The molecule has 0 aliphatic rings.